The average Bonchev–Trinajstić information content (AvgIpc) is 2.99. The number of carbonyl (C=O) groups excluding carboxylic acids is 1. The lowest BCUT2D eigenvalue weighted by molar-refractivity contribution is -0.497. The van der Waals surface area contributed by atoms with E-state index in [1.807, 2.05) is 67.6 Å². The summed E-state index contributed by atoms with van der Waals surface area (Å²) >= 11 is 0. The number of hydrogen-bond acceptors (Lipinski definition) is 10. The van der Waals surface area contributed by atoms with E-state index >= 15 is 0 Å². The highest BCUT2D eigenvalue weighted by Gasteiger charge is 2.44. The molecule has 0 fully saturated rings. The highest BCUT2D eigenvalue weighted by atomic mass is 17.1. The minimum absolute atomic E-state index is 0.0844. The van der Waals surface area contributed by atoms with E-state index in [1.54, 1.807) is 30.3 Å². The van der Waals surface area contributed by atoms with Crippen LogP contribution >= 0.6 is 0 Å². The topological polar surface area (TPSA) is 123 Å². The summed E-state index contributed by atoms with van der Waals surface area (Å²) in [6, 6.07) is 27.7. The zero-order chi connectivity index (χ0) is 28.5. The number of methoxy groups -OCH3 is 2. The predicted molar refractivity (Wildman–Crippen MR) is 144 cm³/mol. The van der Waals surface area contributed by atoms with E-state index in [0.29, 0.717) is 28.9 Å². The molecule has 4 rings (SSSR count). The van der Waals surface area contributed by atoms with E-state index in [9.17, 15) is 4.79 Å². The van der Waals surface area contributed by atoms with Gasteiger partial charge in [-0.1, -0.05) is 79.7 Å². The Balaban J connectivity index is 1.76. The van der Waals surface area contributed by atoms with Gasteiger partial charge in [-0.15, -0.1) is 0 Å². The summed E-state index contributed by atoms with van der Waals surface area (Å²) in [5.41, 5.74) is 1.64. The first kappa shape index (κ1) is 28.7. The van der Waals surface area contributed by atoms with Gasteiger partial charge in [-0.05, 0) is 28.8 Å². The fourth-order valence-electron chi connectivity index (χ4n) is 4.57. The van der Waals surface area contributed by atoms with Crippen molar-refractivity contribution in [3.05, 3.63) is 114 Å². The van der Waals surface area contributed by atoms with Gasteiger partial charge in [-0.2, -0.15) is 9.97 Å². The lowest BCUT2D eigenvalue weighted by Gasteiger charge is -2.37. The van der Waals surface area contributed by atoms with Gasteiger partial charge in [-0.3, -0.25) is 15.2 Å². The zero-order valence-electron chi connectivity index (χ0n) is 22.4. The minimum atomic E-state index is -0.835. The lowest BCUT2D eigenvalue weighted by atomic mass is 9.66. The van der Waals surface area contributed by atoms with Gasteiger partial charge in [-0.25, -0.2) is 4.84 Å². The van der Waals surface area contributed by atoms with Crippen molar-refractivity contribution in [2.45, 2.75) is 25.4 Å². The first-order chi connectivity index (χ1) is 19.3. The Bertz CT molecular complexity index is 1320. The molecule has 1 heterocycles. The van der Waals surface area contributed by atoms with Crippen molar-refractivity contribution in [2.75, 3.05) is 14.2 Å². The Hall–Kier alpha value is -4.35. The summed E-state index contributed by atoms with van der Waals surface area (Å²) in [6.45, 7) is 1.93. The number of esters is 1. The van der Waals surface area contributed by atoms with E-state index in [4.69, 9.17) is 24.6 Å². The Morgan fingerprint density at radius 1 is 0.850 bits per heavy atom. The van der Waals surface area contributed by atoms with Crippen molar-refractivity contribution < 1.29 is 34.3 Å². The molecule has 0 unspecified atom stereocenters. The molecule has 0 bridgehead atoms. The van der Waals surface area contributed by atoms with Crippen LogP contribution in [-0.2, 0) is 28.1 Å². The number of hydrogen-bond donors (Lipinski definition) is 2. The summed E-state index contributed by atoms with van der Waals surface area (Å²) < 4.78 is 16.6. The Labute approximate surface area is 232 Å². The quantitative estimate of drug-likeness (QED) is 0.146. The van der Waals surface area contributed by atoms with Crippen LogP contribution in [0.2, 0.25) is 0 Å². The Morgan fingerprint density at radius 2 is 1.38 bits per heavy atom. The van der Waals surface area contributed by atoms with Crippen molar-refractivity contribution in [3.8, 4) is 17.5 Å². The molecule has 3 aromatic carbocycles. The molecule has 4 aromatic rings. The van der Waals surface area contributed by atoms with Gasteiger partial charge < -0.3 is 14.2 Å². The summed E-state index contributed by atoms with van der Waals surface area (Å²) in [5.74, 6) is 0.0582. The molecule has 0 amide bonds. The van der Waals surface area contributed by atoms with Crippen LogP contribution in [0, 0.1) is 5.92 Å². The van der Waals surface area contributed by atoms with Crippen LogP contribution in [0.15, 0.2) is 91.0 Å². The summed E-state index contributed by atoms with van der Waals surface area (Å²) in [5, 5.41) is 17.2. The molecule has 0 aliphatic heterocycles. The van der Waals surface area contributed by atoms with Crippen LogP contribution in [0.3, 0.4) is 0 Å². The maximum absolute atomic E-state index is 14.1. The first-order valence-corrected chi connectivity index (χ1v) is 12.5. The van der Waals surface area contributed by atoms with Crippen molar-refractivity contribution >= 4 is 5.97 Å². The summed E-state index contributed by atoms with van der Waals surface area (Å²) in [7, 11) is 3.01. The third-order valence-electron chi connectivity index (χ3n) is 6.75. The molecule has 1 atom stereocenters. The molecule has 2 N–H and O–H groups in total. The molecule has 10 nitrogen and oxygen atoms in total. The fraction of sp³-hybridized carbons (Fsp3) is 0.233. The third kappa shape index (κ3) is 6.80. The number of benzene rings is 3. The van der Waals surface area contributed by atoms with Crippen LogP contribution in [0.25, 0.3) is 0 Å². The molecule has 0 radical (unpaired) electrons. The minimum Gasteiger partial charge on any atom is -0.481 e. The molecule has 0 spiro atoms. The first-order valence-electron chi connectivity index (χ1n) is 12.5. The molecule has 0 saturated heterocycles. The van der Waals surface area contributed by atoms with Crippen molar-refractivity contribution in [1.29, 1.82) is 0 Å². The van der Waals surface area contributed by atoms with Gasteiger partial charge in [0.05, 0.1) is 38.2 Å². The second-order valence-electron chi connectivity index (χ2n) is 9.15. The van der Waals surface area contributed by atoms with E-state index < -0.39 is 17.3 Å². The van der Waals surface area contributed by atoms with Crippen LogP contribution < -0.4 is 14.2 Å². The second kappa shape index (κ2) is 13.1. The molecule has 208 valence electrons. The van der Waals surface area contributed by atoms with E-state index in [1.165, 1.54) is 14.2 Å². The largest absolute Gasteiger partial charge is 0.481 e. The number of aromatic nitrogens is 2. The van der Waals surface area contributed by atoms with Crippen molar-refractivity contribution in [3.63, 3.8) is 0 Å². The maximum atomic E-state index is 14.1. The van der Waals surface area contributed by atoms with Gasteiger partial charge in [0.25, 0.3) is 0 Å². The van der Waals surface area contributed by atoms with E-state index in [2.05, 4.69) is 14.8 Å². The van der Waals surface area contributed by atoms with Crippen LogP contribution in [0.4, 0.5) is 0 Å². The molecular formula is C30H31N3O7. The normalized spacial score (nSPS) is 12.2. The van der Waals surface area contributed by atoms with Gasteiger partial charge in [0.2, 0.25) is 11.8 Å². The van der Waals surface area contributed by atoms with Crippen molar-refractivity contribution in [2.24, 2.45) is 5.92 Å². The third-order valence-corrected chi connectivity index (χ3v) is 6.75. The highest BCUT2D eigenvalue weighted by Crippen LogP contribution is 2.41. The number of rotatable bonds is 12. The van der Waals surface area contributed by atoms with Gasteiger partial charge in [0.1, 0.15) is 11.6 Å². The van der Waals surface area contributed by atoms with E-state index in [0.717, 1.165) is 11.1 Å². The standard InChI is InChI=1S/C30H31N3O7/c1-30(22-10-6-4-7-11-22,23-12-8-5-9-13-23)25(18-26-31-27(37-2)19-28(32-26)38-3)29(34)40-24-16-14-21(15-17-24)20-39-33(35)36/h4-17,19,25,35-36H,18,20H2,1-3H3/t25-/m1/s1. The maximum Gasteiger partial charge on any atom is 0.316 e. The molecular weight excluding hydrogens is 514 g/mol. The Morgan fingerprint density at radius 3 is 1.85 bits per heavy atom. The number of nitrogens with zero attached hydrogens (tertiary/aromatic N) is 3. The molecule has 10 heteroatoms. The van der Waals surface area contributed by atoms with Gasteiger partial charge >= 0.3 is 5.97 Å². The lowest BCUT2D eigenvalue weighted by Crippen LogP contribution is -2.42. The summed E-state index contributed by atoms with van der Waals surface area (Å²) in [6.07, 6.45) is 0.126. The predicted octanol–water partition coefficient (Wildman–Crippen LogP) is 4.78. The Kier molecular flexibility index (Phi) is 9.41. The highest BCUT2D eigenvalue weighted by molar-refractivity contribution is 5.78. The van der Waals surface area contributed by atoms with Gasteiger partial charge in [0.15, 0.2) is 0 Å². The fourth-order valence-corrected chi connectivity index (χ4v) is 4.57. The molecule has 40 heavy (non-hydrogen) atoms. The molecule has 1 aromatic heterocycles. The van der Waals surface area contributed by atoms with Crippen LogP contribution in [0.5, 0.6) is 17.5 Å². The molecule has 0 aliphatic carbocycles. The molecule has 0 saturated carbocycles. The summed E-state index contributed by atoms with van der Waals surface area (Å²) in [4.78, 5) is 27.7. The number of ether oxygens (including phenoxy) is 3. The average molecular weight is 546 g/mol. The second-order valence-corrected chi connectivity index (χ2v) is 9.15. The van der Waals surface area contributed by atoms with Crippen LogP contribution in [-0.4, -0.2) is 46.0 Å². The SMILES string of the molecule is COc1cc(OC)nc(C[C@H](C(=O)Oc2ccc(CON(O)O)cc2)C(C)(c2ccccc2)c2ccccc2)n1. The van der Waals surface area contributed by atoms with Gasteiger partial charge in [0, 0.05) is 11.8 Å². The monoisotopic (exact) mass is 545 g/mol. The molecule has 0 aliphatic rings. The van der Waals surface area contributed by atoms with E-state index in [-0.39, 0.29) is 18.4 Å². The zero-order valence-corrected chi connectivity index (χ0v) is 22.4. The van der Waals surface area contributed by atoms with Crippen LogP contribution in [0.1, 0.15) is 29.4 Å². The number of carbonyl (C=O) groups is 1. The smallest absolute Gasteiger partial charge is 0.316 e. The van der Waals surface area contributed by atoms with Crippen molar-refractivity contribution in [1.82, 2.24) is 15.4 Å².